The summed E-state index contributed by atoms with van der Waals surface area (Å²) in [5.41, 5.74) is 0. The topological polar surface area (TPSA) is 67.2 Å². The lowest BCUT2D eigenvalue weighted by Crippen LogP contribution is -2.53. The third kappa shape index (κ3) is 4.68. The number of hydrogen-bond acceptors (Lipinski definition) is 3. The molecular weight excluding hydrogens is 110 g/mol. The van der Waals surface area contributed by atoms with Crippen LogP contribution in [0.3, 0.4) is 0 Å². The van der Waals surface area contributed by atoms with E-state index in [1.165, 1.54) is 0 Å². The zero-order valence-corrected chi connectivity index (χ0v) is 4.03. The molecule has 1 N–H and O–H groups in total. The second-order valence-corrected chi connectivity index (χ2v) is 0.876. The molecule has 0 radical (unpaired) electrons. The second-order valence-electron chi connectivity index (χ2n) is 0.876. The molecule has 0 fully saturated rings. The molecule has 4 heteroatoms. The van der Waals surface area contributed by atoms with Gasteiger partial charge in [0.2, 0.25) is 0 Å². The van der Waals surface area contributed by atoms with Crippen LogP contribution in [0.25, 0.3) is 0 Å². The van der Waals surface area contributed by atoms with Crippen molar-refractivity contribution in [3.05, 3.63) is 34.8 Å². The minimum atomic E-state index is 0.250. The standard InChI is InChI=1S/C4H4O.HNO2/c1-2-4-5-3-1;2-1-3/h1-4H;1H. The normalized spacial score (nSPS) is 6.50. The van der Waals surface area contributed by atoms with E-state index in [0.717, 1.165) is 0 Å². The summed E-state index contributed by atoms with van der Waals surface area (Å²) in [6, 6.07) is 3.67. The molecule has 1 aromatic rings. The Morgan fingerprint density at radius 3 is 1.88 bits per heavy atom. The van der Waals surface area contributed by atoms with Crippen LogP contribution in [-0.4, -0.2) is 0 Å². The van der Waals surface area contributed by atoms with Crippen molar-refractivity contribution in [2.45, 2.75) is 0 Å². The summed E-state index contributed by atoms with van der Waals surface area (Å²) in [6.45, 7) is 0. The van der Waals surface area contributed by atoms with E-state index in [-0.39, 0.29) is 5.34 Å². The van der Waals surface area contributed by atoms with Gasteiger partial charge in [-0.3, -0.25) is 10.1 Å². The predicted octanol–water partition coefficient (Wildman–Crippen LogP) is -0.389. The molecule has 1 heterocycles. The third-order valence-corrected chi connectivity index (χ3v) is 0.425. The summed E-state index contributed by atoms with van der Waals surface area (Å²) < 4.78 is 4.58. The maximum absolute atomic E-state index is 8.12. The quantitative estimate of drug-likeness (QED) is 0.370. The molecule has 4 nitrogen and oxygen atoms in total. The third-order valence-electron chi connectivity index (χ3n) is 0.425. The van der Waals surface area contributed by atoms with Crippen LogP contribution in [0.1, 0.15) is 0 Å². The molecule has 0 amide bonds. The first kappa shape index (κ1) is 6.68. The number of hydrogen-bond donors (Lipinski definition) is 1. The largest absolute Gasteiger partial charge is 0.473 e. The lowest BCUT2D eigenvalue weighted by atomic mass is 10.7. The number of rotatable bonds is 0. The van der Waals surface area contributed by atoms with Gasteiger partial charge in [0.05, 0.1) is 12.5 Å². The van der Waals surface area contributed by atoms with Gasteiger partial charge in [-0.25, -0.2) is 0 Å². The molecule has 44 valence electrons. The molecule has 1 rings (SSSR count). The van der Waals surface area contributed by atoms with E-state index in [1.54, 1.807) is 12.5 Å². The van der Waals surface area contributed by atoms with Crippen LogP contribution in [0.2, 0.25) is 0 Å². The summed E-state index contributed by atoms with van der Waals surface area (Å²) in [5.74, 6) is 0. The van der Waals surface area contributed by atoms with Crippen LogP contribution < -0.4 is 5.34 Å². The Balaban J connectivity index is 0.000000145. The van der Waals surface area contributed by atoms with Crippen molar-refractivity contribution in [2.24, 2.45) is 0 Å². The van der Waals surface area contributed by atoms with Crippen molar-refractivity contribution in [3.8, 4) is 0 Å². The maximum atomic E-state index is 8.12. The van der Waals surface area contributed by atoms with Gasteiger partial charge >= 0.3 is 0 Å². The highest BCUT2D eigenvalue weighted by atomic mass is 16.6. The summed E-state index contributed by atoms with van der Waals surface area (Å²) in [4.78, 5) is 8.12. The van der Waals surface area contributed by atoms with Crippen LogP contribution in [0.15, 0.2) is 29.1 Å². The van der Waals surface area contributed by atoms with E-state index in [9.17, 15) is 0 Å². The van der Waals surface area contributed by atoms with Crippen LogP contribution in [0, 0.1) is 10.1 Å². The Hall–Kier alpha value is -1.32. The van der Waals surface area contributed by atoms with Crippen LogP contribution >= 0.6 is 0 Å². The highest BCUT2D eigenvalue weighted by Gasteiger charge is 1.58. The molecule has 1 aromatic heterocycles. The molecule has 0 bridgehead atoms. The molecule has 0 unspecified atom stereocenters. The Morgan fingerprint density at radius 1 is 1.38 bits per heavy atom. The Bertz CT molecular complexity index is 97.6. The van der Waals surface area contributed by atoms with Crippen molar-refractivity contribution >= 4 is 0 Å². The molecular formula is C4H5NO3. The van der Waals surface area contributed by atoms with E-state index in [1.807, 2.05) is 12.1 Å². The van der Waals surface area contributed by atoms with Gasteiger partial charge in [-0.05, 0) is 12.1 Å². The Labute approximate surface area is 45.7 Å². The molecule has 0 saturated carbocycles. The van der Waals surface area contributed by atoms with Gasteiger partial charge in [0.1, 0.15) is 0 Å². The summed E-state index contributed by atoms with van der Waals surface area (Å²) in [6.07, 6.45) is 3.25. The second kappa shape index (κ2) is 5.68. The van der Waals surface area contributed by atoms with E-state index < -0.39 is 0 Å². The minimum Gasteiger partial charge on any atom is -0.473 e. The SMILES string of the molecule is O=[NH+][O-].c1ccoc1. The molecule has 0 spiro atoms. The highest BCUT2D eigenvalue weighted by Crippen LogP contribution is 1.79. The fourth-order valence-electron chi connectivity index (χ4n) is 0.227. The van der Waals surface area contributed by atoms with Crippen LogP contribution in [0.4, 0.5) is 0 Å². The van der Waals surface area contributed by atoms with Gasteiger partial charge in [-0.2, -0.15) is 0 Å². The molecule has 0 aliphatic heterocycles. The molecule has 0 saturated heterocycles. The fourth-order valence-corrected chi connectivity index (χ4v) is 0.227. The first-order valence-corrected chi connectivity index (χ1v) is 1.88. The van der Waals surface area contributed by atoms with Gasteiger partial charge in [-0.15, -0.1) is 0 Å². The van der Waals surface area contributed by atoms with Gasteiger partial charge in [-0.1, -0.05) is 0 Å². The van der Waals surface area contributed by atoms with Crippen molar-refractivity contribution in [2.75, 3.05) is 0 Å². The van der Waals surface area contributed by atoms with Gasteiger partial charge < -0.3 is 4.42 Å². The first-order valence-electron chi connectivity index (χ1n) is 1.88. The van der Waals surface area contributed by atoms with Crippen molar-refractivity contribution in [1.82, 2.24) is 0 Å². The van der Waals surface area contributed by atoms with E-state index in [4.69, 9.17) is 10.1 Å². The van der Waals surface area contributed by atoms with Crippen molar-refractivity contribution in [3.63, 3.8) is 0 Å². The number of nitrogens with one attached hydrogen (secondary N) is 1. The van der Waals surface area contributed by atoms with Crippen LogP contribution in [-0.2, 0) is 0 Å². The van der Waals surface area contributed by atoms with Crippen molar-refractivity contribution in [1.29, 1.82) is 0 Å². The number of furan rings is 1. The van der Waals surface area contributed by atoms with Gasteiger partial charge in [0.25, 0.3) is 0 Å². The molecule has 0 aliphatic rings. The van der Waals surface area contributed by atoms with E-state index in [2.05, 4.69) is 4.42 Å². The maximum Gasteiger partial charge on any atom is 0.0902 e. The van der Waals surface area contributed by atoms with Gasteiger partial charge in [0, 0.05) is 5.34 Å². The smallest absolute Gasteiger partial charge is 0.0902 e. The Kier molecular flexibility index (Phi) is 4.74. The fraction of sp³-hybridized carbons (Fsp3) is 0. The highest BCUT2D eigenvalue weighted by molar-refractivity contribution is 4.79. The van der Waals surface area contributed by atoms with Crippen LogP contribution in [0.5, 0.6) is 0 Å². The molecule has 0 aromatic carbocycles. The predicted molar refractivity (Wildman–Crippen MR) is 26.4 cm³/mol. The average Bonchev–Trinajstić information content (AvgIpc) is 2.17. The zero-order chi connectivity index (χ0) is 6.24. The molecule has 0 atom stereocenters. The zero-order valence-electron chi connectivity index (χ0n) is 4.03. The average molecular weight is 115 g/mol. The van der Waals surface area contributed by atoms with Gasteiger partial charge in [0.15, 0.2) is 0 Å². The summed E-state index contributed by atoms with van der Waals surface area (Å²) >= 11 is 0. The molecule has 0 aliphatic carbocycles. The summed E-state index contributed by atoms with van der Waals surface area (Å²) in [7, 11) is 0. The van der Waals surface area contributed by atoms with Crippen molar-refractivity contribution < 1.29 is 9.76 Å². The molecule has 8 heavy (non-hydrogen) atoms. The van der Waals surface area contributed by atoms with E-state index >= 15 is 0 Å². The monoisotopic (exact) mass is 115 g/mol. The Morgan fingerprint density at radius 2 is 1.75 bits per heavy atom. The first-order chi connectivity index (χ1) is 3.91. The minimum absolute atomic E-state index is 0.250. The lowest BCUT2D eigenvalue weighted by Gasteiger charge is -1.50. The lowest BCUT2D eigenvalue weighted by molar-refractivity contribution is -0.398. The summed E-state index contributed by atoms with van der Waals surface area (Å²) in [5, 5.41) is 8.38. The van der Waals surface area contributed by atoms with E-state index in [0.29, 0.717) is 0 Å².